The van der Waals surface area contributed by atoms with E-state index in [1.807, 2.05) is 0 Å². The summed E-state index contributed by atoms with van der Waals surface area (Å²) in [6, 6.07) is 2.44. The van der Waals surface area contributed by atoms with Crippen molar-refractivity contribution in [1.29, 1.82) is 0 Å². The summed E-state index contributed by atoms with van der Waals surface area (Å²) in [5.41, 5.74) is 0.362. The summed E-state index contributed by atoms with van der Waals surface area (Å²) in [6.45, 7) is 2.00. The fourth-order valence-corrected chi connectivity index (χ4v) is 2.56. The van der Waals surface area contributed by atoms with Crippen LogP contribution >= 0.6 is 15.9 Å². The van der Waals surface area contributed by atoms with Crippen LogP contribution < -0.4 is 5.32 Å². The molecule has 0 aromatic heterocycles. The summed E-state index contributed by atoms with van der Waals surface area (Å²) < 4.78 is 27.0. The number of hydrogen-bond donors (Lipinski definition) is 1. The molecule has 1 fully saturated rings. The quantitative estimate of drug-likeness (QED) is 0.902. The molecule has 1 aliphatic heterocycles. The zero-order valence-electron chi connectivity index (χ0n) is 9.64. The highest BCUT2D eigenvalue weighted by Crippen LogP contribution is 2.28. The van der Waals surface area contributed by atoms with Crippen molar-refractivity contribution in [2.75, 3.05) is 25.5 Å². The van der Waals surface area contributed by atoms with Gasteiger partial charge in [0.2, 0.25) is 0 Å². The number of halogens is 3. The molecule has 17 heavy (non-hydrogen) atoms. The van der Waals surface area contributed by atoms with Gasteiger partial charge in [-0.1, -0.05) is 0 Å². The molecule has 2 nitrogen and oxygen atoms in total. The maximum absolute atomic E-state index is 13.6. The Morgan fingerprint density at radius 2 is 1.94 bits per heavy atom. The number of nitrogens with zero attached hydrogens (tertiary/aromatic N) is 1. The number of nitrogens with one attached hydrogen (secondary N) is 1. The van der Waals surface area contributed by atoms with Crippen molar-refractivity contribution in [2.24, 2.45) is 0 Å². The highest BCUT2D eigenvalue weighted by molar-refractivity contribution is 9.10. The van der Waals surface area contributed by atoms with Crippen LogP contribution in [0.1, 0.15) is 12.8 Å². The normalized spacial score (nSPS) is 18.4. The van der Waals surface area contributed by atoms with Gasteiger partial charge in [0.1, 0.15) is 11.6 Å². The lowest BCUT2D eigenvalue weighted by Gasteiger charge is -2.30. The molecular weight excluding hydrogens is 290 g/mol. The van der Waals surface area contributed by atoms with Gasteiger partial charge in [-0.15, -0.1) is 0 Å². The standard InChI is InChI=1S/C12H15BrF2N2/c1-17-4-2-9(3-5-17)16-12-10(13)6-8(14)7-11(12)15/h6-7,9,16H,2-5H2,1H3. The van der Waals surface area contributed by atoms with Crippen LogP contribution in [0.25, 0.3) is 0 Å². The van der Waals surface area contributed by atoms with Crippen molar-refractivity contribution >= 4 is 21.6 Å². The Hall–Kier alpha value is -0.680. The van der Waals surface area contributed by atoms with Crippen LogP contribution in [0.2, 0.25) is 0 Å². The molecule has 5 heteroatoms. The number of anilines is 1. The first-order valence-corrected chi connectivity index (χ1v) is 6.45. The molecule has 1 saturated heterocycles. The van der Waals surface area contributed by atoms with E-state index in [0.717, 1.165) is 32.0 Å². The van der Waals surface area contributed by atoms with Crippen LogP contribution in [0, 0.1) is 11.6 Å². The molecule has 0 radical (unpaired) electrons. The van der Waals surface area contributed by atoms with Crippen LogP contribution in [0.4, 0.5) is 14.5 Å². The largest absolute Gasteiger partial charge is 0.379 e. The maximum Gasteiger partial charge on any atom is 0.150 e. The van der Waals surface area contributed by atoms with Crippen LogP contribution in [0.5, 0.6) is 0 Å². The second-order valence-corrected chi connectivity index (χ2v) is 5.32. The number of likely N-dealkylation sites (tertiary alicyclic amines) is 1. The molecule has 0 unspecified atom stereocenters. The van der Waals surface area contributed by atoms with Gasteiger partial charge in [0.25, 0.3) is 0 Å². The van der Waals surface area contributed by atoms with Gasteiger partial charge in [-0.05, 0) is 55.0 Å². The molecule has 0 bridgehead atoms. The summed E-state index contributed by atoms with van der Waals surface area (Å²) >= 11 is 3.18. The topological polar surface area (TPSA) is 15.3 Å². The van der Waals surface area contributed by atoms with E-state index >= 15 is 0 Å². The second kappa shape index (κ2) is 5.31. The lowest BCUT2D eigenvalue weighted by Crippen LogP contribution is -2.36. The van der Waals surface area contributed by atoms with Crippen molar-refractivity contribution < 1.29 is 8.78 Å². The van der Waals surface area contributed by atoms with Gasteiger partial charge in [0.05, 0.1) is 5.69 Å². The Labute approximate surface area is 108 Å². The number of piperidine rings is 1. The highest BCUT2D eigenvalue weighted by atomic mass is 79.9. The molecule has 1 N–H and O–H groups in total. The molecule has 0 atom stereocenters. The van der Waals surface area contributed by atoms with Gasteiger partial charge in [0.15, 0.2) is 0 Å². The maximum atomic E-state index is 13.6. The Morgan fingerprint density at radius 3 is 2.53 bits per heavy atom. The van der Waals surface area contributed by atoms with Crippen LogP contribution in [0.3, 0.4) is 0 Å². The zero-order chi connectivity index (χ0) is 12.4. The van der Waals surface area contributed by atoms with Crippen LogP contribution in [-0.2, 0) is 0 Å². The molecule has 0 saturated carbocycles. The number of benzene rings is 1. The third-order valence-corrected chi connectivity index (χ3v) is 3.70. The fourth-order valence-electron chi connectivity index (χ4n) is 2.04. The van der Waals surface area contributed by atoms with E-state index in [-0.39, 0.29) is 6.04 Å². The van der Waals surface area contributed by atoms with Crippen molar-refractivity contribution in [3.8, 4) is 0 Å². The monoisotopic (exact) mass is 304 g/mol. The van der Waals surface area contributed by atoms with Crippen molar-refractivity contribution in [3.05, 3.63) is 28.2 Å². The average molecular weight is 305 g/mol. The molecule has 0 amide bonds. The summed E-state index contributed by atoms with van der Waals surface area (Å²) in [4.78, 5) is 2.24. The van der Waals surface area contributed by atoms with Crippen molar-refractivity contribution in [3.63, 3.8) is 0 Å². The smallest absolute Gasteiger partial charge is 0.150 e. The predicted octanol–water partition coefficient (Wildman–Crippen LogP) is 3.23. The van der Waals surface area contributed by atoms with Crippen LogP contribution in [0.15, 0.2) is 16.6 Å². The first-order valence-electron chi connectivity index (χ1n) is 5.66. The first-order chi connectivity index (χ1) is 8.06. The second-order valence-electron chi connectivity index (χ2n) is 4.47. The average Bonchev–Trinajstić information content (AvgIpc) is 2.26. The lowest BCUT2D eigenvalue weighted by molar-refractivity contribution is 0.263. The molecule has 1 heterocycles. The van der Waals surface area contributed by atoms with E-state index in [0.29, 0.717) is 10.2 Å². The SMILES string of the molecule is CN1CCC(Nc2c(F)cc(F)cc2Br)CC1. The lowest BCUT2D eigenvalue weighted by atomic mass is 10.1. The molecule has 0 aliphatic carbocycles. The minimum atomic E-state index is -0.566. The summed E-state index contributed by atoms with van der Waals surface area (Å²) in [7, 11) is 2.07. The van der Waals surface area contributed by atoms with Crippen molar-refractivity contribution in [2.45, 2.75) is 18.9 Å². The molecule has 2 rings (SSSR count). The summed E-state index contributed by atoms with van der Waals surface area (Å²) in [5, 5.41) is 3.15. The number of hydrogen-bond acceptors (Lipinski definition) is 2. The first kappa shape index (κ1) is 12.8. The van der Waals surface area contributed by atoms with E-state index in [1.54, 1.807) is 0 Å². The van der Waals surface area contributed by atoms with E-state index in [1.165, 1.54) is 6.07 Å². The minimum absolute atomic E-state index is 0.252. The Bertz CT molecular complexity index is 380. The van der Waals surface area contributed by atoms with Gasteiger partial charge in [-0.25, -0.2) is 8.78 Å². The van der Waals surface area contributed by atoms with E-state index in [9.17, 15) is 8.78 Å². The molecule has 94 valence electrons. The van der Waals surface area contributed by atoms with Gasteiger partial charge >= 0.3 is 0 Å². The van der Waals surface area contributed by atoms with Gasteiger partial charge < -0.3 is 10.2 Å². The van der Waals surface area contributed by atoms with E-state index in [4.69, 9.17) is 0 Å². The molecule has 1 aromatic rings. The van der Waals surface area contributed by atoms with Gasteiger partial charge in [-0.2, -0.15) is 0 Å². The predicted molar refractivity (Wildman–Crippen MR) is 68.2 cm³/mol. The fraction of sp³-hybridized carbons (Fsp3) is 0.500. The minimum Gasteiger partial charge on any atom is -0.379 e. The molecule has 1 aromatic carbocycles. The van der Waals surface area contributed by atoms with Gasteiger partial charge in [-0.3, -0.25) is 0 Å². The Morgan fingerprint density at radius 1 is 1.29 bits per heavy atom. The highest BCUT2D eigenvalue weighted by Gasteiger charge is 2.19. The Kier molecular flexibility index (Phi) is 3.99. The van der Waals surface area contributed by atoms with Gasteiger partial charge in [0, 0.05) is 16.6 Å². The third kappa shape index (κ3) is 3.16. The molecule has 0 spiro atoms. The molecule has 1 aliphatic rings. The summed E-state index contributed by atoms with van der Waals surface area (Å²) in [5.74, 6) is -1.11. The van der Waals surface area contributed by atoms with Crippen LogP contribution in [-0.4, -0.2) is 31.1 Å². The van der Waals surface area contributed by atoms with E-state index < -0.39 is 11.6 Å². The Balaban J connectivity index is 2.08. The summed E-state index contributed by atoms with van der Waals surface area (Å²) in [6.07, 6.45) is 1.94. The van der Waals surface area contributed by atoms with E-state index in [2.05, 4.69) is 33.2 Å². The zero-order valence-corrected chi connectivity index (χ0v) is 11.2. The number of rotatable bonds is 2. The molecular formula is C12H15BrF2N2. The third-order valence-electron chi connectivity index (χ3n) is 3.07. The van der Waals surface area contributed by atoms with Crippen molar-refractivity contribution in [1.82, 2.24) is 4.90 Å².